The molecule has 21 heavy (non-hydrogen) atoms. The maximum absolute atomic E-state index is 12.2. The van der Waals surface area contributed by atoms with Crippen LogP contribution in [0.25, 0.3) is 0 Å². The summed E-state index contributed by atoms with van der Waals surface area (Å²) in [4.78, 5) is 16.3. The predicted molar refractivity (Wildman–Crippen MR) is 85.8 cm³/mol. The molecule has 0 bridgehead atoms. The summed E-state index contributed by atoms with van der Waals surface area (Å²) < 4.78 is 3.98. The predicted octanol–water partition coefficient (Wildman–Crippen LogP) is 3.02. The van der Waals surface area contributed by atoms with Gasteiger partial charge in [0.1, 0.15) is 0 Å². The maximum atomic E-state index is 12.2. The van der Waals surface area contributed by atoms with E-state index in [0.29, 0.717) is 12.1 Å². The van der Waals surface area contributed by atoms with Crippen LogP contribution < -0.4 is 4.90 Å². The van der Waals surface area contributed by atoms with Crippen molar-refractivity contribution in [3.05, 3.63) is 47.0 Å². The monoisotopic (exact) mass is 301 g/mol. The van der Waals surface area contributed by atoms with E-state index in [0.717, 1.165) is 18.7 Å². The first kappa shape index (κ1) is 14.1. The molecule has 1 amide bonds. The van der Waals surface area contributed by atoms with Crippen molar-refractivity contribution in [3.63, 3.8) is 0 Å². The molecule has 0 saturated carbocycles. The highest BCUT2D eigenvalue weighted by Gasteiger charge is 2.14. The van der Waals surface area contributed by atoms with Crippen LogP contribution in [0.1, 0.15) is 28.8 Å². The second-order valence-corrected chi connectivity index (χ2v) is 6.09. The van der Waals surface area contributed by atoms with E-state index in [1.54, 1.807) is 16.5 Å². The number of aromatic nitrogens is 1. The topological polar surface area (TPSA) is 36.4 Å². The van der Waals surface area contributed by atoms with Gasteiger partial charge >= 0.3 is 0 Å². The van der Waals surface area contributed by atoms with Crippen LogP contribution in [-0.2, 0) is 6.54 Å². The molecule has 1 aliphatic heterocycles. The molecule has 1 saturated heterocycles. The Morgan fingerprint density at radius 1 is 1.29 bits per heavy atom. The molecule has 0 N–H and O–H groups in total. The average Bonchev–Trinajstić information content (AvgIpc) is 3.20. The van der Waals surface area contributed by atoms with Crippen molar-refractivity contribution in [1.29, 1.82) is 0 Å². The Kier molecular flexibility index (Phi) is 4.20. The zero-order chi connectivity index (χ0) is 14.7. The van der Waals surface area contributed by atoms with Crippen LogP contribution in [0.2, 0.25) is 0 Å². The van der Waals surface area contributed by atoms with E-state index in [2.05, 4.69) is 33.5 Å². The van der Waals surface area contributed by atoms with Gasteiger partial charge in [0.05, 0.1) is 11.8 Å². The zero-order valence-corrected chi connectivity index (χ0v) is 13.0. The van der Waals surface area contributed by atoms with Gasteiger partial charge in [-0.05, 0) is 42.1 Å². The van der Waals surface area contributed by atoms with Crippen LogP contribution in [0.5, 0.6) is 0 Å². The standard InChI is InChI=1S/C16H19N3OS/c1-18(16(20)14-10-17-21-12-14)11-13-4-6-15(7-5-13)19-8-2-3-9-19/h4-7,10,12H,2-3,8-9,11H2,1H3. The molecule has 0 spiro atoms. The first-order chi connectivity index (χ1) is 10.2. The number of carbonyl (C=O) groups excluding carboxylic acids is 1. The zero-order valence-electron chi connectivity index (χ0n) is 12.2. The lowest BCUT2D eigenvalue weighted by molar-refractivity contribution is 0.0785. The third-order valence-corrected chi connectivity index (χ3v) is 4.44. The quantitative estimate of drug-likeness (QED) is 0.871. The highest BCUT2D eigenvalue weighted by Crippen LogP contribution is 2.21. The van der Waals surface area contributed by atoms with Crippen molar-refractivity contribution in [3.8, 4) is 0 Å². The smallest absolute Gasteiger partial charge is 0.256 e. The van der Waals surface area contributed by atoms with Gasteiger partial charge in [-0.3, -0.25) is 4.79 Å². The van der Waals surface area contributed by atoms with E-state index in [4.69, 9.17) is 0 Å². The average molecular weight is 301 g/mol. The molecule has 0 radical (unpaired) electrons. The molecule has 0 aliphatic carbocycles. The molecule has 1 aromatic carbocycles. The molecule has 0 atom stereocenters. The van der Waals surface area contributed by atoms with Gasteiger partial charge in [-0.15, -0.1) is 0 Å². The number of carbonyl (C=O) groups is 1. The van der Waals surface area contributed by atoms with Gasteiger partial charge in [-0.1, -0.05) is 12.1 Å². The van der Waals surface area contributed by atoms with Crippen LogP contribution in [0.4, 0.5) is 5.69 Å². The first-order valence-electron chi connectivity index (χ1n) is 7.23. The van der Waals surface area contributed by atoms with Crippen molar-refractivity contribution in [2.45, 2.75) is 19.4 Å². The Morgan fingerprint density at radius 2 is 2.00 bits per heavy atom. The van der Waals surface area contributed by atoms with E-state index in [1.807, 2.05) is 7.05 Å². The minimum Gasteiger partial charge on any atom is -0.372 e. The van der Waals surface area contributed by atoms with E-state index in [1.165, 1.54) is 30.1 Å². The van der Waals surface area contributed by atoms with E-state index < -0.39 is 0 Å². The molecule has 3 rings (SSSR count). The molecule has 110 valence electrons. The Balaban J connectivity index is 1.63. The van der Waals surface area contributed by atoms with Gasteiger partial charge in [0.25, 0.3) is 5.91 Å². The fraction of sp³-hybridized carbons (Fsp3) is 0.375. The van der Waals surface area contributed by atoms with Crippen molar-refractivity contribution in [2.75, 3.05) is 25.0 Å². The summed E-state index contributed by atoms with van der Waals surface area (Å²) in [6.07, 6.45) is 4.20. The molecule has 2 heterocycles. The highest BCUT2D eigenvalue weighted by atomic mass is 32.1. The summed E-state index contributed by atoms with van der Waals surface area (Å²) in [5.74, 6) is 0.0207. The normalized spacial score (nSPS) is 14.4. The van der Waals surface area contributed by atoms with Crippen molar-refractivity contribution >= 4 is 23.1 Å². The molecule has 1 aliphatic rings. The minimum atomic E-state index is 0.0207. The van der Waals surface area contributed by atoms with Gasteiger partial charge in [-0.25, -0.2) is 4.37 Å². The fourth-order valence-electron chi connectivity index (χ4n) is 2.66. The van der Waals surface area contributed by atoms with Gasteiger partial charge in [0.2, 0.25) is 0 Å². The third-order valence-electron chi connectivity index (χ3n) is 3.85. The van der Waals surface area contributed by atoms with Gasteiger partial charge in [-0.2, -0.15) is 0 Å². The summed E-state index contributed by atoms with van der Waals surface area (Å²) in [6, 6.07) is 8.54. The Bertz CT molecular complexity index is 588. The molecule has 0 unspecified atom stereocenters. The van der Waals surface area contributed by atoms with Crippen LogP contribution in [-0.4, -0.2) is 35.3 Å². The first-order valence-corrected chi connectivity index (χ1v) is 8.06. The molecular weight excluding hydrogens is 282 g/mol. The van der Waals surface area contributed by atoms with Crippen LogP contribution in [0.3, 0.4) is 0 Å². The van der Waals surface area contributed by atoms with Gasteiger partial charge in [0, 0.05) is 37.7 Å². The molecule has 2 aromatic rings. The number of amides is 1. The maximum Gasteiger partial charge on any atom is 0.256 e. The summed E-state index contributed by atoms with van der Waals surface area (Å²) in [5, 5.41) is 1.79. The summed E-state index contributed by atoms with van der Waals surface area (Å²) in [5.41, 5.74) is 3.10. The summed E-state index contributed by atoms with van der Waals surface area (Å²) >= 11 is 1.30. The van der Waals surface area contributed by atoms with Crippen molar-refractivity contribution in [1.82, 2.24) is 9.27 Å². The molecule has 5 heteroatoms. The van der Waals surface area contributed by atoms with Gasteiger partial charge < -0.3 is 9.80 Å². The van der Waals surface area contributed by atoms with E-state index in [-0.39, 0.29) is 5.91 Å². The lowest BCUT2D eigenvalue weighted by Gasteiger charge is -2.19. The van der Waals surface area contributed by atoms with Gasteiger partial charge in [0.15, 0.2) is 0 Å². The number of anilines is 1. The second-order valence-electron chi connectivity index (χ2n) is 5.43. The summed E-state index contributed by atoms with van der Waals surface area (Å²) in [6.45, 7) is 2.93. The van der Waals surface area contributed by atoms with Crippen molar-refractivity contribution < 1.29 is 4.79 Å². The number of benzene rings is 1. The molecular formula is C16H19N3OS. The number of hydrogen-bond donors (Lipinski definition) is 0. The van der Waals surface area contributed by atoms with Crippen LogP contribution in [0, 0.1) is 0 Å². The van der Waals surface area contributed by atoms with E-state index in [9.17, 15) is 4.79 Å². The Labute approximate surface area is 129 Å². The summed E-state index contributed by atoms with van der Waals surface area (Å²) in [7, 11) is 1.83. The fourth-order valence-corrected chi connectivity index (χ4v) is 3.17. The minimum absolute atomic E-state index is 0.0207. The van der Waals surface area contributed by atoms with E-state index >= 15 is 0 Å². The lowest BCUT2D eigenvalue weighted by Crippen LogP contribution is -2.25. The third kappa shape index (κ3) is 3.24. The number of hydrogen-bond acceptors (Lipinski definition) is 4. The Hall–Kier alpha value is -1.88. The molecule has 1 aromatic heterocycles. The largest absolute Gasteiger partial charge is 0.372 e. The van der Waals surface area contributed by atoms with Crippen LogP contribution >= 0.6 is 11.5 Å². The second kappa shape index (κ2) is 6.26. The lowest BCUT2D eigenvalue weighted by atomic mass is 10.2. The highest BCUT2D eigenvalue weighted by molar-refractivity contribution is 7.03. The number of nitrogens with zero attached hydrogens (tertiary/aromatic N) is 3. The molecule has 1 fully saturated rings. The Morgan fingerprint density at radius 3 is 2.62 bits per heavy atom. The SMILES string of the molecule is CN(Cc1ccc(N2CCCC2)cc1)C(=O)c1cnsc1. The van der Waals surface area contributed by atoms with Crippen LogP contribution in [0.15, 0.2) is 35.8 Å². The van der Waals surface area contributed by atoms with Crippen molar-refractivity contribution in [2.24, 2.45) is 0 Å². The number of rotatable bonds is 4. The molecule has 4 nitrogen and oxygen atoms in total.